The summed E-state index contributed by atoms with van der Waals surface area (Å²) in [5.74, 6) is 0. The van der Waals surface area contributed by atoms with Crippen molar-refractivity contribution in [3.8, 4) is 0 Å². The van der Waals surface area contributed by atoms with E-state index in [1.807, 2.05) is 0 Å². The molecule has 2 radical (unpaired) electrons. The Bertz CT molecular complexity index is 21.5. The Morgan fingerprint density at radius 3 is 1.50 bits per heavy atom. The zero-order valence-electron chi connectivity index (χ0n) is 3.23. The van der Waals surface area contributed by atoms with Gasteiger partial charge in [0, 0.05) is 13.1 Å². The zero-order chi connectivity index (χ0) is 4.83. The third-order valence-corrected chi connectivity index (χ3v) is 0.329. The molecule has 0 saturated heterocycles. The lowest BCUT2D eigenvalue weighted by Crippen LogP contribution is -2.20. The van der Waals surface area contributed by atoms with Gasteiger partial charge in [-0.15, -0.1) is 10.4 Å². The van der Waals surface area contributed by atoms with Gasteiger partial charge in [-0.2, -0.15) is 11.0 Å². The molecule has 0 spiro atoms. The Balaban J connectivity index is 2.34. The Morgan fingerprint density at radius 1 is 1.00 bits per heavy atom. The van der Waals surface area contributed by atoms with Crippen LogP contribution in [-0.2, 0) is 10.4 Å². The van der Waals surface area contributed by atoms with Crippen LogP contribution in [0.5, 0.6) is 0 Å². The van der Waals surface area contributed by atoms with Gasteiger partial charge in [0.25, 0.3) is 0 Å². The van der Waals surface area contributed by atoms with Crippen LogP contribution >= 0.6 is 0 Å². The monoisotopic (exact) mass is 90.0 g/mol. The normalized spacial score (nSPS) is 9.00. The average molecular weight is 90.1 g/mol. The molecule has 0 amide bonds. The highest BCUT2D eigenvalue weighted by Gasteiger charge is 1.76. The van der Waals surface area contributed by atoms with Crippen LogP contribution in [-0.4, -0.2) is 13.1 Å². The minimum atomic E-state index is 0.184. The van der Waals surface area contributed by atoms with Crippen molar-refractivity contribution in [1.82, 2.24) is 11.0 Å². The second-order valence-corrected chi connectivity index (χ2v) is 0.789. The number of hydrogen-bond acceptors (Lipinski definition) is 2. The molecular weight excluding hydrogens is 84.0 g/mol. The molecule has 0 saturated carbocycles. The summed E-state index contributed by atoms with van der Waals surface area (Å²) < 4.78 is 0. The molecule has 36 valence electrons. The van der Waals surface area contributed by atoms with Gasteiger partial charge in [0.15, 0.2) is 0 Å². The minimum absolute atomic E-state index is 0.184. The predicted molar refractivity (Wildman–Crippen MR) is 17.4 cm³/mol. The molecule has 2 N–H and O–H groups in total. The van der Waals surface area contributed by atoms with E-state index in [1.54, 1.807) is 11.0 Å². The largest absolute Gasteiger partial charge is 0.167 e. The molecule has 0 aromatic carbocycles. The van der Waals surface area contributed by atoms with Gasteiger partial charge in [0.1, 0.15) is 0 Å². The maximum atomic E-state index is 9.26. The summed E-state index contributed by atoms with van der Waals surface area (Å²) in [5, 5.41) is 18.5. The summed E-state index contributed by atoms with van der Waals surface area (Å²) in [6.45, 7) is 0.368. The van der Waals surface area contributed by atoms with Crippen LogP contribution in [0.4, 0.5) is 0 Å². The van der Waals surface area contributed by atoms with Crippen molar-refractivity contribution in [1.29, 1.82) is 0 Å². The van der Waals surface area contributed by atoms with Crippen LogP contribution in [0.15, 0.2) is 0 Å². The second-order valence-electron chi connectivity index (χ2n) is 0.789. The fourth-order valence-corrected chi connectivity index (χ4v) is 0.102. The zero-order valence-corrected chi connectivity index (χ0v) is 3.23. The van der Waals surface area contributed by atoms with Crippen molar-refractivity contribution >= 4 is 0 Å². The van der Waals surface area contributed by atoms with Crippen LogP contribution < -0.4 is 11.0 Å². The summed E-state index contributed by atoms with van der Waals surface area (Å²) in [5.41, 5.74) is 3.11. The first kappa shape index (κ1) is 5.84. The van der Waals surface area contributed by atoms with Crippen molar-refractivity contribution in [3.63, 3.8) is 0 Å². The number of hydroxylamine groups is 2. The Hall–Kier alpha value is -0.160. The van der Waals surface area contributed by atoms with Gasteiger partial charge >= 0.3 is 0 Å². The Morgan fingerprint density at radius 2 is 1.33 bits per heavy atom. The lowest BCUT2D eigenvalue weighted by Gasteiger charge is -1.86. The first-order chi connectivity index (χ1) is 2.91. The summed E-state index contributed by atoms with van der Waals surface area (Å²) >= 11 is 0. The predicted octanol–water partition coefficient (Wildman–Crippen LogP) is -1.14. The lowest BCUT2D eigenvalue weighted by atomic mass is 10.7. The first-order valence-corrected chi connectivity index (χ1v) is 1.62. The van der Waals surface area contributed by atoms with Gasteiger partial charge in [-0.1, -0.05) is 0 Å². The topological polar surface area (TPSA) is 63.9 Å². The molecule has 0 aliphatic rings. The number of nitrogens with one attached hydrogen (secondary N) is 2. The van der Waals surface area contributed by atoms with Crippen LogP contribution in [0.25, 0.3) is 0 Å². The molecule has 0 aliphatic heterocycles. The van der Waals surface area contributed by atoms with Crippen LogP contribution in [0.3, 0.4) is 0 Å². The van der Waals surface area contributed by atoms with E-state index in [9.17, 15) is 10.4 Å². The van der Waals surface area contributed by atoms with Gasteiger partial charge in [-0.25, -0.2) is 0 Å². The van der Waals surface area contributed by atoms with Crippen LogP contribution in [0.1, 0.15) is 0 Å². The Kier molecular flexibility index (Phi) is 4.71. The van der Waals surface area contributed by atoms with Crippen molar-refractivity contribution in [2.45, 2.75) is 0 Å². The quantitative estimate of drug-likeness (QED) is 0.339. The summed E-state index contributed by atoms with van der Waals surface area (Å²) in [7, 11) is 0. The minimum Gasteiger partial charge on any atom is -0.167 e. The molecule has 0 heterocycles. The molecule has 0 atom stereocenters. The van der Waals surface area contributed by atoms with E-state index < -0.39 is 0 Å². The smallest absolute Gasteiger partial charge is 0.0390 e. The standard InChI is InChI=1S/C2H6N2O2/c5-3-1-2-4-6/h3-4H,1-2H2. The van der Waals surface area contributed by atoms with Crippen LogP contribution in [0.2, 0.25) is 0 Å². The molecular formula is C2H6N2O2. The highest BCUT2D eigenvalue weighted by atomic mass is 16.5. The van der Waals surface area contributed by atoms with Gasteiger partial charge < -0.3 is 0 Å². The Labute approximate surface area is 35.7 Å². The molecule has 6 heavy (non-hydrogen) atoms. The van der Waals surface area contributed by atoms with Crippen LogP contribution in [0, 0.1) is 0 Å². The molecule has 0 bridgehead atoms. The second kappa shape index (κ2) is 4.84. The van der Waals surface area contributed by atoms with Crippen molar-refractivity contribution in [2.24, 2.45) is 0 Å². The average Bonchev–Trinajstić information content (AvgIpc) is 1.61. The first-order valence-electron chi connectivity index (χ1n) is 1.62. The van der Waals surface area contributed by atoms with E-state index in [0.717, 1.165) is 0 Å². The molecule has 0 aromatic rings. The van der Waals surface area contributed by atoms with Gasteiger partial charge in [-0.3, -0.25) is 0 Å². The van der Waals surface area contributed by atoms with E-state index in [2.05, 4.69) is 0 Å². The van der Waals surface area contributed by atoms with E-state index in [1.165, 1.54) is 0 Å². The molecule has 0 rings (SSSR count). The maximum Gasteiger partial charge on any atom is 0.0390 e. The van der Waals surface area contributed by atoms with Crippen molar-refractivity contribution < 1.29 is 10.4 Å². The molecule has 0 aromatic heterocycles. The fourth-order valence-electron chi connectivity index (χ4n) is 0.102. The highest BCUT2D eigenvalue weighted by Crippen LogP contribution is 1.45. The molecule has 0 aliphatic carbocycles. The van der Waals surface area contributed by atoms with Crippen molar-refractivity contribution in [2.75, 3.05) is 13.1 Å². The fraction of sp³-hybridized carbons (Fsp3) is 1.00. The van der Waals surface area contributed by atoms with Gasteiger partial charge in [0.05, 0.1) is 0 Å². The lowest BCUT2D eigenvalue weighted by molar-refractivity contribution is 0.0409. The third-order valence-electron chi connectivity index (χ3n) is 0.329. The number of hydrogen-bond donors (Lipinski definition) is 2. The number of rotatable bonds is 3. The van der Waals surface area contributed by atoms with E-state index >= 15 is 0 Å². The van der Waals surface area contributed by atoms with Gasteiger partial charge in [-0.05, 0) is 0 Å². The molecule has 0 unspecified atom stereocenters. The van der Waals surface area contributed by atoms with Gasteiger partial charge in [0.2, 0.25) is 0 Å². The molecule has 0 fully saturated rings. The third kappa shape index (κ3) is 3.84. The van der Waals surface area contributed by atoms with E-state index in [-0.39, 0.29) is 13.1 Å². The summed E-state index contributed by atoms with van der Waals surface area (Å²) in [4.78, 5) is 0. The maximum absolute atomic E-state index is 9.26. The molecule has 4 heteroatoms. The van der Waals surface area contributed by atoms with E-state index in [4.69, 9.17) is 0 Å². The van der Waals surface area contributed by atoms with E-state index in [0.29, 0.717) is 0 Å². The summed E-state index contributed by atoms with van der Waals surface area (Å²) in [6, 6.07) is 0. The summed E-state index contributed by atoms with van der Waals surface area (Å²) in [6.07, 6.45) is 0. The van der Waals surface area contributed by atoms with Crippen molar-refractivity contribution in [3.05, 3.63) is 0 Å². The SMILES string of the molecule is [O]NCCN[O]. The molecule has 4 nitrogen and oxygen atoms in total. The highest BCUT2D eigenvalue weighted by molar-refractivity contribution is 4.30.